The number of hydrogen-bond acceptors (Lipinski definition) is 3. The summed E-state index contributed by atoms with van der Waals surface area (Å²) in [7, 11) is 0. The predicted molar refractivity (Wildman–Crippen MR) is 80.3 cm³/mol. The Morgan fingerprint density at radius 1 is 1.25 bits per heavy atom. The van der Waals surface area contributed by atoms with Crippen LogP contribution in [0.3, 0.4) is 0 Å². The molecule has 0 saturated carbocycles. The summed E-state index contributed by atoms with van der Waals surface area (Å²) in [6.45, 7) is 2.10. The third kappa shape index (κ3) is 3.60. The number of aliphatic hydroxyl groups excluding tert-OH is 1. The van der Waals surface area contributed by atoms with Crippen molar-refractivity contribution >= 4 is 15.9 Å². The largest absolute Gasteiger partial charge is 0.489 e. The van der Waals surface area contributed by atoms with Gasteiger partial charge in [-0.25, -0.2) is 0 Å². The van der Waals surface area contributed by atoms with Crippen LogP contribution in [0.5, 0.6) is 5.75 Å². The molecule has 0 aromatic heterocycles. The molecule has 0 amide bonds. The molecule has 4 heteroatoms. The van der Waals surface area contributed by atoms with Crippen LogP contribution in [0.2, 0.25) is 0 Å². The Balaban J connectivity index is 2.12. The molecule has 0 bridgehead atoms. The van der Waals surface area contributed by atoms with Gasteiger partial charge in [0.05, 0.1) is 17.7 Å². The van der Waals surface area contributed by atoms with E-state index >= 15 is 0 Å². The molecule has 0 fully saturated rings. The average Bonchev–Trinajstić information content (AvgIpc) is 2.46. The maximum absolute atomic E-state index is 9.76. The smallest absolute Gasteiger partial charge is 0.125 e. The Hall–Kier alpha value is -1.83. The van der Waals surface area contributed by atoms with E-state index in [1.807, 2.05) is 30.3 Å². The summed E-state index contributed by atoms with van der Waals surface area (Å²) in [5.74, 6) is 0.660. The summed E-state index contributed by atoms with van der Waals surface area (Å²) in [6.07, 6.45) is -0.594. The Morgan fingerprint density at radius 2 is 1.95 bits per heavy atom. The molecule has 0 aliphatic rings. The molecule has 0 heterocycles. The van der Waals surface area contributed by atoms with Gasteiger partial charge in [-0.3, -0.25) is 0 Å². The van der Waals surface area contributed by atoms with Crippen LogP contribution < -0.4 is 4.74 Å². The molecule has 0 radical (unpaired) electrons. The molecule has 0 aliphatic carbocycles. The van der Waals surface area contributed by atoms with Crippen molar-refractivity contribution in [2.24, 2.45) is 0 Å². The highest BCUT2D eigenvalue weighted by molar-refractivity contribution is 9.10. The minimum absolute atomic E-state index is 0.396. The molecule has 2 rings (SSSR count). The van der Waals surface area contributed by atoms with Crippen molar-refractivity contribution in [1.29, 1.82) is 5.26 Å². The van der Waals surface area contributed by atoms with Gasteiger partial charge in [0, 0.05) is 10.0 Å². The van der Waals surface area contributed by atoms with E-state index in [1.54, 1.807) is 19.1 Å². The van der Waals surface area contributed by atoms with Gasteiger partial charge in [0.25, 0.3) is 0 Å². The second kappa shape index (κ2) is 6.56. The molecule has 0 spiro atoms. The number of nitriles is 1. The molecular formula is C16H14BrNO2. The van der Waals surface area contributed by atoms with Gasteiger partial charge in [0.15, 0.2) is 0 Å². The van der Waals surface area contributed by atoms with Gasteiger partial charge in [-0.15, -0.1) is 0 Å². The van der Waals surface area contributed by atoms with E-state index in [-0.39, 0.29) is 0 Å². The Morgan fingerprint density at radius 3 is 2.55 bits per heavy atom. The molecule has 3 nitrogen and oxygen atoms in total. The number of hydrogen-bond donors (Lipinski definition) is 1. The van der Waals surface area contributed by atoms with E-state index in [9.17, 15) is 5.11 Å². The fourth-order valence-electron chi connectivity index (χ4n) is 1.81. The van der Waals surface area contributed by atoms with Gasteiger partial charge in [0.2, 0.25) is 0 Å². The minimum Gasteiger partial charge on any atom is -0.489 e. The Bertz CT molecular complexity index is 630. The van der Waals surface area contributed by atoms with Crippen LogP contribution in [0.1, 0.15) is 29.7 Å². The second-order valence-electron chi connectivity index (χ2n) is 4.46. The lowest BCUT2D eigenvalue weighted by atomic mass is 10.1. The molecular weight excluding hydrogens is 318 g/mol. The maximum atomic E-state index is 9.76. The van der Waals surface area contributed by atoms with Crippen LogP contribution in [0.15, 0.2) is 46.9 Å². The first-order valence-electron chi connectivity index (χ1n) is 6.19. The van der Waals surface area contributed by atoms with Crippen LogP contribution >= 0.6 is 15.9 Å². The Kier molecular flexibility index (Phi) is 4.78. The van der Waals surface area contributed by atoms with Crippen molar-refractivity contribution in [3.05, 3.63) is 63.6 Å². The Labute approximate surface area is 126 Å². The van der Waals surface area contributed by atoms with E-state index in [1.165, 1.54) is 0 Å². The number of nitrogens with zero attached hydrogens (tertiary/aromatic N) is 1. The van der Waals surface area contributed by atoms with Crippen LogP contribution in [0.4, 0.5) is 0 Å². The maximum Gasteiger partial charge on any atom is 0.125 e. The SMILES string of the molecule is CC(O)c1cc(Br)ccc1OCc1ccc(C#N)cc1. The van der Waals surface area contributed by atoms with Crippen molar-refractivity contribution in [3.8, 4) is 11.8 Å². The zero-order valence-corrected chi connectivity index (χ0v) is 12.6. The number of ether oxygens (including phenoxy) is 1. The standard InChI is InChI=1S/C16H14BrNO2/c1-11(19)15-8-14(17)6-7-16(15)20-10-13-4-2-12(9-18)3-5-13/h2-8,11,19H,10H2,1H3. The van der Waals surface area contributed by atoms with E-state index in [0.717, 1.165) is 15.6 Å². The van der Waals surface area contributed by atoms with Crippen LogP contribution in [0.25, 0.3) is 0 Å². The van der Waals surface area contributed by atoms with Crippen molar-refractivity contribution in [2.75, 3.05) is 0 Å². The zero-order valence-electron chi connectivity index (χ0n) is 11.0. The number of aliphatic hydroxyl groups is 1. The summed E-state index contributed by atoms with van der Waals surface area (Å²) in [6, 6.07) is 14.9. The normalized spacial score (nSPS) is 11.7. The first-order valence-corrected chi connectivity index (χ1v) is 6.99. The molecule has 2 aromatic carbocycles. The topological polar surface area (TPSA) is 53.2 Å². The monoisotopic (exact) mass is 331 g/mol. The van der Waals surface area contributed by atoms with Gasteiger partial charge >= 0.3 is 0 Å². The summed E-state index contributed by atoms with van der Waals surface area (Å²) in [4.78, 5) is 0. The van der Waals surface area contributed by atoms with Crippen molar-refractivity contribution in [3.63, 3.8) is 0 Å². The summed E-state index contributed by atoms with van der Waals surface area (Å²) < 4.78 is 6.65. The molecule has 0 aliphatic heterocycles. The quantitative estimate of drug-likeness (QED) is 0.922. The highest BCUT2D eigenvalue weighted by atomic mass is 79.9. The van der Waals surface area contributed by atoms with Gasteiger partial charge in [-0.05, 0) is 42.8 Å². The average molecular weight is 332 g/mol. The van der Waals surface area contributed by atoms with E-state index in [2.05, 4.69) is 22.0 Å². The van der Waals surface area contributed by atoms with Crippen LogP contribution in [0, 0.1) is 11.3 Å². The highest BCUT2D eigenvalue weighted by Gasteiger charge is 2.10. The van der Waals surface area contributed by atoms with E-state index in [0.29, 0.717) is 17.9 Å². The highest BCUT2D eigenvalue weighted by Crippen LogP contribution is 2.29. The lowest BCUT2D eigenvalue weighted by molar-refractivity contribution is 0.190. The second-order valence-corrected chi connectivity index (χ2v) is 5.37. The summed E-state index contributed by atoms with van der Waals surface area (Å²) in [5, 5.41) is 18.5. The molecule has 0 saturated heterocycles. The number of rotatable bonds is 4. The van der Waals surface area contributed by atoms with E-state index < -0.39 is 6.10 Å². The number of benzene rings is 2. The lowest BCUT2D eigenvalue weighted by Crippen LogP contribution is -2.01. The van der Waals surface area contributed by atoms with Crippen LogP contribution in [-0.2, 0) is 6.61 Å². The molecule has 1 N–H and O–H groups in total. The third-order valence-corrected chi connectivity index (χ3v) is 3.39. The molecule has 20 heavy (non-hydrogen) atoms. The van der Waals surface area contributed by atoms with Gasteiger partial charge in [-0.1, -0.05) is 28.1 Å². The lowest BCUT2D eigenvalue weighted by Gasteiger charge is -2.14. The van der Waals surface area contributed by atoms with Gasteiger partial charge in [-0.2, -0.15) is 5.26 Å². The van der Waals surface area contributed by atoms with Crippen molar-refractivity contribution < 1.29 is 9.84 Å². The van der Waals surface area contributed by atoms with E-state index in [4.69, 9.17) is 10.00 Å². The molecule has 1 unspecified atom stereocenters. The van der Waals surface area contributed by atoms with Gasteiger partial charge in [0.1, 0.15) is 12.4 Å². The van der Waals surface area contributed by atoms with Crippen LogP contribution in [-0.4, -0.2) is 5.11 Å². The van der Waals surface area contributed by atoms with Crippen molar-refractivity contribution in [1.82, 2.24) is 0 Å². The first kappa shape index (κ1) is 14.6. The van der Waals surface area contributed by atoms with Gasteiger partial charge < -0.3 is 9.84 Å². The fourth-order valence-corrected chi connectivity index (χ4v) is 2.19. The molecule has 102 valence electrons. The number of halogens is 1. The molecule has 2 aromatic rings. The third-order valence-electron chi connectivity index (χ3n) is 2.90. The zero-order chi connectivity index (χ0) is 14.5. The predicted octanol–water partition coefficient (Wildman–Crippen LogP) is 3.95. The first-order chi connectivity index (χ1) is 9.60. The fraction of sp³-hybridized carbons (Fsp3) is 0.188. The van der Waals surface area contributed by atoms with Crippen molar-refractivity contribution in [2.45, 2.75) is 19.6 Å². The molecule has 1 atom stereocenters. The summed E-state index contributed by atoms with van der Waals surface area (Å²) in [5.41, 5.74) is 2.35. The summed E-state index contributed by atoms with van der Waals surface area (Å²) >= 11 is 3.38. The minimum atomic E-state index is -0.594.